The number of hydrogen-bond donors (Lipinski definition) is 2. The Morgan fingerprint density at radius 3 is 2.56 bits per heavy atom. The highest BCUT2D eigenvalue weighted by atomic mass is 32.2. The summed E-state index contributed by atoms with van der Waals surface area (Å²) in [4.78, 5) is 18.6. The number of amides is 1. The van der Waals surface area contributed by atoms with Crippen molar-refractivity contribution in [2.45, 2.75) is 46.1 Å². The van der Waals surface area contributed by atoms with Crippen LogP contribution in [-0.2, 0) is 14.6 Å². The fourth-order valence-corrected chi connectivity index (χ4v) is 4.78. The minimum absolute atomic E-state index is 0.0198. The Balaban J connectivity index is 1.92. The summed E-state index contributed by atoms with van der Waals surface area (Å²) in [5.74, 6) is 1.14. The topological polar surface area (TPSA) is 90.9 Å². The molecule has 144 valence electrons. The molecule has 1 unspecified atom stereocenters. The number of aliphatic imine (C=N–C) groups is 1. The van der Waals surface area contributed by atoms with E-state index in [9.17, 15) is 13.2 Å². The van der Waals surface area contributed by atoms with Gasteiger partial charge in [0.15, 0.2) is 5.96 Å². The van der Waals surface area contributed by atoms with Crippen molar-refractivity contribution in [2.75, 3.05) is 38.2 Å². The Kier molecular flexibility index (Phi) is 6.35. The van der Waals surface area contributed by atoms with Gasteiger partial charge >= 0.3 is 0 Å². The van der Waals surface area contributed by atoms with Gasteiger partial charge in [-0.05, 0) is 26.2 Å². The molecule has 0 aromatic rings. The van der Waals surface area contributed by atoms with Crippen LogP contribution in [0.3, 0.4) is 0 Å². The third kappa shape index (κ3) is 6.17. The van der Waals surface area contributed by atoms with Crippen LogP contribution >= 0.6 is 0 Å². The fourth-order valence-electron chi connectivity index (χ4n) is 3.28. The van der Waals surface area contributed by atoms with E-state index in [0.29, 0.717) is 19.0 Å². The fraction of sp³-hybridized carbons (Fsp3) is 0.882. The first-order valence-corrected chi connectivity index (χ1v) is 11.2. The Bertz CT molecular complexity index is 611. The Hall–Kier alpha value is -1.31. The smallest absolute Gasteiger partial charge is 0.225 e. The highest BCUT2D eigenvalue weighted by molar-refractivity contribution is 7.90. The van der Waals surface area contributed by atoms with Crippen LogP contribution in [0, 0.1) is 11.3 Å². The van der Waals surface area contributed by atoms with Crippen LogP contribution in [0.15, 0.2) is 4.99 Å². The summed E-state index contributed by atoms with van der Waals surface area (Å²) in [6.45, 7) is 8.58. The van der Waals surface area contributed by atoms with Gasteiger partial charge in [-0.1, -0.05) is 13.8 Å². The molecule has 1 aliphatic carbocycles. The van der Waals surface area contributed by atoms with E-state index >= 15 is 0 Å². The summed E-state index contributed by atoms with van der Waals surface area (Å²) in [6, 6.07) is 0.186. The summed E-state index contributed by atoms with van der Waals surface area (Å²) in [7, 11) is -2.98. The van der Waals surface area contributed by atoms with Crippen molar-refractivity contribution in [3.63, 3.8) is 0 Å². The summed E-state index contributed by atoms with van der Waals surface area (Å²) < 4.78 is 23.1. The molecule has 2 aliphatic rings. The van der Waals surface area contributed by atoms with E-state index in [-0.39, 0.29) is 29.0 Å². The van der Waals surface area contributed by atoms with Crippen molar-refractivity contribution in [2.24, 2.45) is 16.3 Å². The number of carbonyl (C=O) groups excluding carboxylic acids is 1. The van der Waals surface area contributed by atoms with Crippen LogP contribution in [0.5, 0.6) is 0 Å². The molecular weight excluding hydrogens is 340 g/mol. The molecule has 25 heavy (non-hydrogen) atoms. The van der Waals surface area contributed by atoms with Crippen LogP contribution in [0.1, 0.15) is 40.0 Å². The monoisotopic (exact) mass is 372 g/mol. The molecule has 7 nitrogen and oxygen atoms in total. The quantitative estimate of drug-likeness (QED) is 0.505. The second-order valence-corrected chi connectivity index (χ2v) is 9.97. The summed E-state index contributed by atoms with van der Waals surface area (Å²) in [5.41, 5.74) is -0.175. The molecule has 2 fully saturated rings. The normalized spacial score (nSPS) is 23.0. The van der Waals surface area contributed by atoms with Gasteiger partial charge in [0.25, 0.3) is 0 Å². The standard InChI is InChI=1S/C17H32N4O3S/c1-5-18-16(19-11-17(7-8-17)12-25(4,23)24)20-14-6-9-21(10-14)15(22)13(2)3/h13-14H,5-12H2,1-4H3,(H2,18,19,20). The number of sulfone groups is 1. The number of nitrogens with one attached hydrogen (secondary N) is 2. The minimum atomic E-state index is -2.98. The lowest BCUT2D eigenvalue weighted by Crippen LogP contribution is -2.45. The van der Waals surface area contributed by atoms with E-state index in [2.05, 4.69) is 15.6 Å². The van der Waals surface area contributed by atoms with Gasteiger partial charge < -0.3 is 15.5 Å². The predicted octanol–water partition coefficient (Wildman–Crippen LogP) is 0.623. The van der Waals surface area contributed by atoms with Crippen molar-refractivity contribution in [1.29, 1.82) is 0 Å². The highest BCUT2D eigenvalue weighted by Crippen LogP contribution is 2.46. The second kappa shape index (κ2) is 7.93. The maximum atomic E-state index is 12.1. The van der Waals surface area contributed by atoms with E-state index in [4.69, 9.17) is 0 Å². The molecule has 2 rings (SSSR count). The van der Waals surface area contributed by atoms with Crippen molar-refractivity contribution >= 4 is 21.7 Å². The van der Waals surface area contributed by atoms with Crippen LogP contribution in [0.4, 0.5) is 0 Å². The number of guanidine groups is 1. The minimum Gasteiger partial charge on any atom is -0.357 e. The zero-order valence-electron chi connectivity index (χ0n) is 15.8. The average Bonchev–Trinajstić information content (AvgIpc) is 3.08. The van der Waals surface area contributed by atoms with E-state index in [1.165, 1.54) is 6.26 Å². The maximum Gasteiger partial charge on any atom is 0.225 e. The molecule has 1 saturated carbocycles. The molecule has 2 N–H and O–H groups in total. The first-order chi connectivity index (χ1) is 11.6. The molecule has 1 atom stereocenters. The van der Waals surface area contributed by atoms with Crippen LogP contribution < -0.4 is 10.6 Å². The van der Waals surface area contributed by atoms with Crippen molar-refractivity contribution in [1.82, 2.24) is 15.5 Å². The van der Waals surface area contributed by atoms with Gasteiger partial charge in [0, 0.05) is 49.8 Å². The van der Waals surface area contributed by atoms with Gasteiger partial charge in [-0.25, -0.2) is 8.42 Å². The van der Waals surface area contributed by atoms with Crippen molar-refractivity contribution in [3.8, 4) is 0 Å². The van der Waals surface area contributed by atoms with Gasteiger partial charge in [0.05, 0.1) is 5.75 Å². The van der Waals surface area contributed by atoms with Crippen molar-refractivity contribution < 1.29 is 13.2 Å². The van der Waals surface area contributed by atoms with Gasteiger partial charge in [-0.3, -0.25) is 9.79 Å². The summed E-state index contributed by atoms with van der Waals surface area (Å²) >= 11 is 0. The van der Waals surface area contributed by atoms with E-state index < -0.39 is 9.84 Å². The Morgan fingerprint density at radius 1 is 1.36 bits per heavy atom. The Morgan fingerprint density at radius 2 is 2.04 bits per heavy atom. The van der Waals surface area contributed by atoms with Gasteiger partial charge in [0.2, 0.25) is 5.91 Å². The van der Waals surface area contributed by atoms with Crippen LogP contribution in [-0.4, -0.2) is 69.4 Å². The molecule has 0 radical (unpaired) electrons. The molecule has 0 spiro atoms. The molecule has 1 amide bonds. The SMILES string of the molecule is CCNC(=NCC1(CS(C)(=O)=O)CC1)NC1CCN(C(=O)C(C)C)C1. The van der Waals surface area contributed by atoms with E-state index in [0.717, 1.165) is 32.4 Å². The van der Waals surface area contributed by atoms with Gasteiger partial charge in [-0.2, -0.15) is 0 Å². The first-order valence-electron chi connectivity index (χ1n) is 9.15. The summed E-state index contributed by atoms with van der Waals surface area (Å²) in [5, 5.41) is 6.62. The summed E-state index contributed by atoms with van der Waals surface area (Å²) in [6.07, 6.45) is 4.03. The molecule has 1 aliphatic heterocycles. The molecule has 0 bridgehead atoms. The predicted molar refractivity (Wildman–Crippen MR) is 100 cm³/mol. The average molecular weight is 373 g/mol. The third-order valence-electron chi connectivity index (χ3n) is 4.78. The van der Waals surface area contributed by atoms with Crippen LogP contribution in [0.25, 0.3) is 0 Å². The molecule has 1 saturated heterocycles. The highest BCUT2D eigenvalue weighted by Gasteiger charge is 2.45. The zero-order chi connectivity index (χ0) is 18.7. The van der Waals surface area contributed by atoms with Crippen LogP contribution in [0.2, 0.25) is 0 Å². The Labute approximate surface area is 151 Å². The number of likely N-dealkylation sites (tertiary alicyclic amines) is 1. The van der Waals surface area contributed by atoms with E-state index in [1.807, 2.05) is 25.7 Å². The second-order valence-electron chi connectivity index (χ2n) is 7.83. The molecule has 1 heterocycles. The van der Waals surface area contributed by atoms with Gasteiger partial charge in [-0.15, -0.1) is 0 Å². The van der Waals surface area contributed by atoms with Gasteiger partial charge in [0.1, 0.15) is 9.84 Å². The largest absolute Gasteiger partial charge is 0.357 e. The van der Waals surface area contributed by atoms with E-state index in [1.54, 1.807) is 0 Å². The third-order valence-corrected chi connectivity index (χ3v) is 5.91. The number of carbonyl (C=O) groups is 1. The zero-order valence-corrected chi connectivity index (χ0v) is 16.7. The maximum absolute atomic E-state index is 12.1. The number of nitrogens with zero attached hydrogens (tertiary/aromatic N) is 2. The molecule has 0 aromatic carbocycles. The number of rotatable bonds is 7. The molecule has 0 aromatic heterocycles. The molecular formula is C17H32N4O3S. The first kappa shape index (κ1) is 20.0. The number of hydrogen-bond acceptors (Lipinski definition) is 4. The lowest BCUT2D eigenvalue weighted by Gasteiger charge is -2.21. The van der Waals surface area contributed by atoms with Crippen molar-refractivity contribution in [3.05, 3.63) is 0 Å². The molecule has 8 heteroatoms. The lowest BCUT2D eigenvalue weighted by atomic mass is 10.1. The lowest BCUT2D eigenvalue weighted by molar-refractivity contribution is -0.133.